The Morgan fingerprint density at radius 1 is 1.37 bits per heavy atom. The molecule has 0 saturated carbocycles. The van der Waals surface area contributed by atoms with Gasteiger partial charge in [-0.3, -0.25) is 4.55 Å². The van der Waals surface area contributed by atoms with Crippen molar-refractivity contribution in [3.05, 3.63) is 12.2 Å². The molecule has 0 spiro atoms. The van der Waals surface area contributed by atoms with Crippen LogP contribution in [-0.2, 0) is 14.9 Å². The van der Waals surface area contributed by atoms with Gasteiger partial charge in [-0.25, -0.2) is 0 Å². The number of ether oxygens (including phenoxy) is 1. The van der Waals surface area contributed by atoms with Crippen LogP contribution in [0.2, 0.25) is 0 Å². The molecule has 0 aromatic rings. The second-order valence-corrected chi connectivity index (χ2v) is 6.66. The van der Waals surface area contributed by atoms with E-state index in [9.17, 15) is 13.5 Å². The molecule has 0 saturated heterocycles. The van der Waals surface area contributed by atoms with Crippen LogP contribution in [0.5, 0.6) is 0 Å². The SMILES string of the molecule is C=C(C)C(O)OCC[N+](C)(C)CCCS(=O)(=O)O.[OH-]. The maximum absolute atomic E-state index is 10.6. The standard InChI is InChI=1S/C11H23NO5S.H2O/c1-10(2)11(13)17-8-7-12(3,4)6-5-9-18(14,15)16;/h11,13H,1,5-9H2,2-4H3;1H2. The van der Waals surface area contributed by atoms with Crippen LogP contribution in [0.15, 0.2) is 12.2 Å². The van der Waals surface area contributed by atoms with Crippen molar-refractivity contribution in [2.24, 2.45) is 0 Å². The van der Waals surface area contributed by atoms with Gasteiger partial charge in [0.15, 0.2) is 6.29 Å². The van der Waals surface area contributed by atoms with Crippen LogP contribution in [-0.4, -0.2) is 73.9 Å². The lowest BCUT2D eigenvalue weighted by Gasteiger charge is -2.30. The fourth-order valence-electron chi connectivity index (χ4n) is 1.34. The Balaban J connectivity index is 0. The van der Waals surface area contributed by atoms with Gasteiger partial charge < -0.3 is 19.8 Å². The Labute approximate surface area is 115 Å². The number of likely N-dealkylation sites (N-methyl/N-ethyl adjacent to an activating group) is 1. The number of quaternary nitrogens is 1. The summed E-state index contributed by atoms with van der Waals surface area (Å²) in [5.74, 6) is -0.232. The summed E-state index contributed by atoms with van der Waals surface area (Å²) < 4.78 is 35.5. The molecule has 0 bridgehead atoms. The largest absolute Gasteiger partial charge is 0.870 e. The van der Waals surface area contributed by atoms with E-state index in [1.54, 1.807) is 6.92 Å². The first-order chi connectivity index (χ1) is 8.03. The zero-order valence-corrected chi connectivity index (χ0v) is 12.6. The number of nitrogens with zero attached hydrogens (tertiary/aromatic N) is 1. The van der Waals surface area contributed by atoms with Crippen LogP contribution in [0.1, 0.15) is 13.3 Å². The molecule has 0 aromatic carbocycles. The van der Waals surface area contributed by atoms with Crippen molar-refractivity contribution in [2.75, 3.05) is 39.5 Å². The third-order valence-corrected chi connectivity index (χ3v) is 3.36. The number of aliphatic hydroxyl groups is 1. The fourth-order valence-corrected chi connectivity index (χ4v) is 1.83. The van der Waals surface area contributed by atoms with E-state index in [-0.39, 0.29) is 11.2 Å². The normalized spacial score (nSPS) is 13.7. The molecule has 0 aliphatic heterocycles. The van der Waals surface area contributed by atoms with Crippen molar-refractivity contribution < 1.29 is 32.8 Å². The molecule has 7 nitrogen and oxygen atoms in total. The van der Waals surface area contributed by atoms with Crippen molar-refractivity contribution >= 4 is 10.1 Å². The fraction of sp³-hybridized carbons (Fsp3) is 0.818. The van der Waals surface area contributed by atoms with E-state index in [1.165, 1.54) is 0 Å². The van der Waals surface area contributed by atoms with Crippen molar-refractivity contribution in [3.8, 4) is 0 Å². The average Bonchev–Trinajstić information content (AvgIpc) is 2.14. The van der Waals surface area contributed by atoms with E-state index >= 15 is 0 Å². The Morgan fingerprint density at radius 2 is 1.89 bits per heavy atom. The summed E-state index contributed by atoms with van der Waals surface area (Å²) >= 11 is 0. The van der Waals surface area contributed by atoms with Gasteiger partial charge in [0.25, 0.3) is 10.1 Å². The van der Waals surface area contributed by atoms with Crippen LogP contribution in [0.3, 0.4) is 0 Å². The van der Waals surface area contributed by atoms with Gasteiger partial charge in [0, 0.05) is 6.42 Å². The first-order valence-corrected chi connectivity index (χ1v) is 7.37. The first-order valence-electron chi connectivity index (χ1n) is 5.76. The second kappa shape index (κ2) is 8.62. The highest BCUT2D eigenvalue weighted by Gasteiger charge is 2.17. The minimum atomic E-state index is -3.88. The van der Waals surface area contributed by atoms with E-state index in [1.807, 2.05) is 14.1 Å². The van der Waals surface area contributed by atoms with Crippen LogP contribution in [0, 0.1) is 0 Å². The molecule has 0 rings (SSSR count). The smallest absolute Gasteiger partial charge is 0.265 e. The average molecular weight is 299 g/mol. The molecule has 0 amide bonds. The monoisotopic (exact) mass is 299 g/mol. The molecule has 0 radical (unpaired) electrons. The van der Waals surface area contributed by atoms with Crippen molar-refractivity contribution in [2.45, 2.75) is 19.6 Å². The number of hydrogen-bond donors (Lipinski definition) is 2. The summed E-state index contributed by atoms with van der Waals surface area (Å²) in [5, 5.41) is 9.36. The highest BCUT2D eigenvalue weighted by atomic mass is 32.2. The number of aliphatic hydroxyl groups excluding tert-OH is 1. The highest BCUT2D eigenvalue weighted by molar-refractivity contribution is 7.85. The van der Waals surface area contributed by atoms with Gasteiger partial charge in [-0.05, 0) is 12.5 Å². The molecular formula is C11H25NO6S. The molecule has 0 aliphatic rings. The predicted octanol–water partition coefficient (Wildman–Crippen LogP) is 0.0750. The quantitative estimate of drug-likeness (QED) is 0.270. The summed E-state index contributed by atoms with van der Waals surface area (Å²) in [6, 6.07) is 0. The second-order valence-electron chi connectivity index (χ2n) is 5.09. The lowest BCUT2D eigenvalue weighted by Crippen LogP contribution is -2.44. The van der Waals surface area contributed by atoms with E-state index in [4.69, 9.17) is 9.29 Å². The zero-order valence-electron chi connectivity index (χ0n) is 11.7. The Bertz CT molecular complexity index is 365. The Kier molecular flexibility index (Phi) is 9.44. The number of hydrogen-bond acceptors (Lipinski definition) is 5. The first kappa shape index (κ1) is 20.8. The van der Waals surface area contributed by atoms with Gasteiger partial charge in [0.05, 0.1) is 33.0 Å². The van der Waals surface area contributed by atoms with Gasteiger partial charge in [-0.1, -0.05) is 6.58 Å². The molecule has 19 heavy (non-hydrogen) atoms. The van der Waals surface area contributed by atoms with Gasteiger partial charge in [0.2, 0.25) is 0 Å². The molecule has 0 heterocycles. The molecule has 0 aromatic heterocycles. The molecule has 1 unspecified atom stereocenters. The summed E-state index contributed by atoms with van der Waals surface area (Å²) in [4.78, 5) is 0. The topological polar surface area (TPSA) is 114 Å². The van der Waals surface area contributed by atoms with Crippen LogP contribution in [0.4, 0.5) is 0 Å². The Hall–Kier alpha value is -0.510. The highest BCUT2D eigenvalue weighted by Crippen LogP contribution is 2.04. The molecule has 0 aliphatic carbocycles. The van der Waals surface area contributed by atoms with Crippen molar-refractivity contribution in [3.63, 3.8) is 0 Å². The lowest BCUT2D eigenvalue weighted by molar-refractivity contribution is -0.890. The zero-order chi connectivity index (χ0) is 14.4. The predicted molar refractivity (Wildman–Crippen MR) is 71.6 cm³/mol. The molecule has 1 atom stereocenters. The minimum absolute atomic E-state index is 0. The molecular weight excluding hydrogens is 274 g/mol. The van der Waals surface area contributed by atoms with Gasteiger partial charge in [-0.2, -0.15) is 8.42 Å². The molecule has 3 N–H and O–H groups in total. The maximum Gasteiger partial charge on any atom is 0.265 e. The van der Waals surface area contributed by atoms with E-state index in [0.717, 1.165) is 0 Å². The van der Waals surface area contributed by atoms with Crippen LogP contribution >= 0.6 is 0 Å². The van der Waals surface area contributed by atoms with Crippen molar-refractivity contribution in [1.29, 1.82) is 0 Å². The third-order valence-electron chi connectivity index (χ3n) is 2.56. The summed E-state index contributed by atoms with van der Waals surface area (Å²) in [5.41, 5.74) is 0.548. The molecule has 116 valence electrons. The molecule has 8 heteroatoms. The summed E-state index contributed by atoms with van der Waals surface area (Å²) in [7, 11) is -0.0225. The Morgan fingerprint density at radius 3 is 2.32 bits per heavy atom. The lowest BCUT2D eigenvalue weighted by atomic mass is 10.3. The molecule has 0 fully saturated rings. The van der Waals surface area contributed by atoms with E-state index in [0.29, 0.717) is 36.2 Å². The van der Waals surface area contributed by atoms with E-state index in [2.05, 4.69) is 6.58 Å². The van der Waals surface area contributed by atoms with E-state index < -0.39 is 16.4 Å². The maximum atomic E-state index is 10.6. The van der Waals surface area contributed by atoms with Crippen LogP contribution in [0.25, 0.3) is 0 Å². The summed E-state index contributed by atoms with van der Waals surface area (Å²) in [6.07, 6.45) is -0.572. The number of rotatable bonds is 9. The van der Waals surface area contributed by atoms with Gasteiger partial charge >= 0.3 is 0 Å². The minimum Gasteiger partial charge on any atom is -0.870 e. The van der Waals surface area contributed by atoms with Crippen molar-refractivity contribution in [1.82, 2.24) is 0 Å². The third kappa shape index (κ3) is 12.3. The van der Waals surface area contributed by atoms with Gasteiger partial charge in [-0.15, -0.1) is 0 Å². The summed E-state index contributed by atoms with van der Waals surface area (Å²) in [6.45, 7) is 6.84. The van der Waals surface area contributed by atoms with Gasteiger partial charge in [0.1, 0.15) is 6.54 Å². The van der Waals surface area contributed by atoms with Crippen LogP contribution < -0.4 is 0 Å².